The smallest absolute Gasteiger partial charge is 0.271 e. The van der Waals surface area contributed by atoms with E-state index in [-0.39, 0.29) is 5.56 Å². The summed E-state index contributed by atoms with van der Waals surface area (Å²) in [6.07, 6.45) is 0. The van der Waals surface area contributed by atoms with Crippen molar-refractivity contribution >= 4 is 11.3 Å². The van der Waals surface area contributed by atoms with E-state index < -0.39 is 0 Å². The molecule has 1 N–H and O–H groups in total. The predicted molar refractivity (Wildman–Crippen MR) is 88.6 cm³/mol. The number of hydrogen-bond acceptors (Lipinski definition) is 4. The lowest BCUT2D eigenvalue weighted by atomic mass is 10.2. The Balaban J connectivity index is 2.42. The fourth-order valence-corrected chi connectivity index (χ4v) is 2.73. The standard InChI is InChI=1S/C16H23N3OS/c1-11(2)10-19-16(20)13(9-17-12(3)4)8-14(18-19)15-6-5-7-21-15/h5-8,11-12,17H,9-10H2,1-4H3. The number of nitrogens with one attached hydrogen (secondary N) is 1. The lowest BCUT2D eigenvalue weighted by molar-refractivity contribution is 0.459. The van der Waals surface area contributed by atoms with Crippen LogP contribution in [-0.4, -0.2) is 15.8 Å². The monoisotopic (exact) mass is 305 g/mol. The molecule has 0 fully saturated rings. The molecule has 0 atom stereocenters. The second-order valence-electron chi connectivity index (χ2n) is 5.95. The van der Waals surface area contributed by atoms with Crippen LogP contribution in [0.2, 0.25) is 0 Å². The first-order chi connectivity index (χ1) is 9.97. The molecule has 0 amide bonds. The van der Waals surface area contributed by atoms with E-state index in [1.54, 1.807) is 16.0 Å². The van der Waals surface area contributed by atoms with Crippen molar-refractivity contribution in [3.05, 3.63) is 39.5 Å². The average Bonchev–Trinajstić information content (AvgIpc) is 2.93. The zero-order chi connectivity index (χ0) is 15.4. The molecule has 114 valence electrons. The first kappa shape index (κ1) is 15.9. The SMILES string of the molecule is CC(C)Cn1nc(-c2cccs2)cc(CNC(C)C)c1=O. The lowest BCUT2D eigenvalue weighted by Crippen LogP contribution is -2.32. The van der Waals surface area contributed by atoms with Gasteiger partial charge in [0.05, 0.1) is 4.88 Å². The number of nitrogens with zero attached hydrogens (tertiary/aromatic N) is 2. The molecule has 2 rings (SSSR count). The molecule has 0 aromatic carbocycles. The van der Waals surface area contributed by atoms with Gasteiger partial charge in [-0.1, -0.05) is 33.8 Å². The molecule has 0 saturated carbocycles. The Morgan fingerprint density at radius 3 is 2.67 bits per heavy atom. The maximum Gasteiger partial charge on any atom is 0.271 e. The van der Waals surface area contributed by atoms with Gasteiger partial charge in [-0.25, -0.2) is 4.68 Å². The summed E-state index contributed by atoms with van der Waals surface area (Å²) in [5.41, 5.74) is 1.67. The zero-order valence-corrected chi connectivity index (χ0v) is 13.9. The van der Waals surface area contributed by atoms with Crippen LogP contribution in [0.3, 0.4) is 0 Å². The van der Waals surface area contributed by atoms with E-state index in [0.29, 0.717) is 25.0 Å². The number of thiophene rings is 1. The Hall–Kier alpha value is -1.46. The van der Waals surface area contributed by atoms with Crippen LogP contribution in [-0.2, 0) is 13.1 Å². The zero-order valence-electron chi connectivity index (χ0n) is 13.1. The fraction of sp³-hybridized carbons (Fsp3) is 0.500. The minimum absolute atomic E-state index is 0.0113. The minimum atomic E-state index is 0.0113. The van der Waals surface area contributed by atoms with Crippen LogP contribution in [0.15, 0.2) is 28.4 Å². The van der Waals surface area contributed by atoms with Crippen molar-refractivity contribution in [3.8, 4) is 10.6 Å². The van der Waals surface area contributed by atoms with Gasteiger partial charge in [-0.2, -0.15) is 5.10 Å². The Morgan fingerprint density at radius 2 is 2.10 bits per heavy atom. The summed E-state index contributed by atoms with van der Waals surface area (Å²) >= 11 is 1.64. The molecule has 21 heavy (non-hydrogen) atoms. The second-order valence-corrected chi connectivity index (χ2v) is 6.90. The van der Waals surface area contributed by atoms with Crippen LogP contribution in [0.4, 0.5) is 0 Å². The average molecular weight is 305 g/mol. The van der Waals surface area contributed by atoms with Crippen LogP contribution in [0.5, 0.6) is 0 Å². The largest absolute Gasteiger partial charge is 0.310 e. The molecule has 0 aliphatic carbocycles. The molecule has 0 bridgehead atoms. The topological polar surface area (TPSA) is 46.9 Å². The third kappa shape index (κ3) is 4.25. The normalized spacial score (nSPS) is 11.5. The third-order valence-corrected chi connectivity index (χ3v) is 3.95. The van der Waals surface area contributed by atoms with E-state index >= 15 is 0 Å². The summed E-state index contributed by atoms with van der Waals surface area (Å²) in [5.74, 6) is 0.389. The molecule has 0 unspecified atom stereocenters. The van der Waals surface area contributed by atoms with E-state index in [1.807, 2.05) is 23.6 Å². The summed E-state index contributed by atoms with van der Waals surface area (Å²) in [4.78, 5) is 13.6. The predicted octanol–water partition coefficient (Wildman–Crippen LogP) is 3.13. The summed E-state index contributed by atoms with van der Waals surface area (Å²) in [7, 11) is 0. The summed E-state index contributed by atoms with van der Waals surface area (Å²) < 4.78 is 1.61. The van der Waals surface area contributed by atoms with Crippen LogP contribution in [0, 0.1) is 5.92 Å². The van der Waals surface area contributed by atoms with Gasteiger partial charge in [-0.05, 0) is 23.4 Å². The van der Waals surface area contributed by atoms with Gasteiger partial charge in [0.25, 0.3) is 5.56 Å². The van der Waals surface area contributed by atoms with Gasteiger partial charge in [0.2, 0.25) is 0 Å². The summed E-state index contributed by atoms with van der Waals surface area (Å²) in [6.45, 7) is 9.57. The van der Waals surface area contributed by atoms with Crippen molar-refractivity contribution in [3.63, 3.8) is 0 Å². The third-order valence-electron chi connectivity index (χ3n) is 3.06. The molecular formula is C16H23N3OS. The molecule has 0 aliphatic rings. The molecule has 0 spiro atoms. The number of rotatable bonds is 6. The van der Waals surface area contributed by atoms with E-state index in [0.717, 1.165) is 16.1 Å². The number of aromatic nitrogens is 2. The molecule has 5 heteroatoms. The van der Waals surface area contributed by atoms with Gasteiger partial charge in [-0.15, -0.1) is 11.3 Å². The van der Waals surface area contributed by atoms with E-state index in [2.05, 4.69) is 38.1 Å². The number of hydrogen-bond donors (Lipinski definition) is 1. The molecule has 2 aromatic rings. The highest BCUT2D eigenvalue weighted by molar-refractivity contribution is 7.13. The van der Waals surface area contributed by atoms with Gasteiger partial charge in [0.15, 0.2) is 0 Å². The van der Waals surface area contributed by atoms with Gasteiger partial charge >= 0.3 is 0 Å². The molecule has 0 radical (unpaired) electrons. The maximum atomic E-state index is 12.5. The maximum absolute atomic E-state index is 12.5. The lowest BCUT2D eigenvalue weighted by Gasteiger charge is -2.13. The molecule has 2 heterocycles. The fourth-order valence-electron chi connectivity index (χ4n) is 2.05. The molecule has 0 aliphatic heterocycles. The Labute approximate surface area is 129 Å². The minimum Gasteiger partial charge on any atom is -0.310 e. The van der Waals surface area contributed by atoms with Gasteiger partial charge in [-0.3, -0.25) is 4.79 Å². The van der Waals surface area contributed by atoms with E-state index in [9.17, 15) is 4.79 Å². The summed E-state index contributed by atoms with van der Waals surface area (Å²) in [6, 6.07) is 6.31. The van der Waals surface area contributed by atoms with Crippen molar-refractivity contribution in [1.29, 1.82) is 0 Å². The molecule has 4 nitrogen and oxygen atoms in total. The summed E-state index contributed by atoms with van der Waals surface area (Å²) in [5, 5.41) is 9.88. The Morgan fingerprint density at radius 1 is 1.33 bits per heavy atom. The first-order valence-electron chi connectivity index (χ1n) is 7.35. The van der Waals surface area contributed by atoms with Crippen molar-refractivity contribution in [2.75, 3.05) is 0 Å². The van der Waals surface area contributed by atoms with E-state index in [1.165, 1.54) is 0 Å². The Kier molecular flexibility index (Phi) is 5.31. The highest BCUT2D eigenvalue weighted by Crippen LogP contribution is 2.22. The van der Waals surface area contributed by atoms with Crippen LogP contribution < -0.4 is 10.9 Å². The van der Waals surface area contributed by atoms with Gasteiger partial charge in [0, 0.05) is 24.7 Å². The van der Waals surface area contributed by atoms with Gasteiger partial charge < -0.3 is 5.32 Å². The quantitative estimate of drug-likeness (QED) is 0.892. The van der Waals surface area contributed by atoms with Crippen molar-refractivity contribution in [2.24, 2.45) is 5.92 Å². The molecule has 0 saturated heterocycles. The van der Waals surface area contributed by atoms with Crippen molar-refractivity contribution in [1.82, 2.24) is 15.1 Å². The van der Waals surface area contributed by atoms with Gasteiger partial charge in [0.1, 0.15) is 5.69 Å². The van der Waals surface area contributed by atoms with Crippen LogP contribution in [0.25, 0.3) is 10.6 Å². The van der Waals surface area contributed by atoms with Crippen LogP contribution in [0.1, 0.15) is 33.3 Å². The highest BCUT2D eigenvalue weighted by Gasteiger charge is 2.12. The molecule has 2 aromatic heterocycles. The van der Waals surface area contributed by atoms with Crippen LogP contribution >= 0.6 is 11.3 Å². The molecular weight excluding hydrogens is 282 g/mol. The first-order valence-corrected chi connectivity index (χ1v) is 8.23. The van der Waals surface area contributed by atoms with E-state index in [4.69, 9.17) is 0 Å². The highest BCUT2D eigenvalue weighted by atomic mass is 32.1. The van der Waals surface area contributed by atoms with Crippen molar-refractivity contribution in [2.45, 2.75) is 46.8 Å². The Bertz CT molecular complexity index is 629. The van der Waals surface area contributed by atoms with Crippen molar-refractivity contribution < 1.29 is 0 Å². The second kappa shape index (κ2) is 7.00.